The quantitative estimate of drug-likeness (QED) is 0.498. The van der Waals surface area contributed by atoms with Gasteiger partial charge in [0.2, 0.25) is 0 Å². The predicted octanol–water partition coefficient (Wildman–Crippen LogP) is 3.36. The molecule has 18 heavy (non-hydrogen) atoms. The lowest BCUT2D eigenvalue weighted by Gasteiger charge is -2.09. The molecule has 0 fully saturated rings. The molecule has 5 heteroatoms. The molecule has 0 atom stereocenters. The Labute approximate surface area is 105 Å². The van der Waals surface area contributed by atoms with Crippen molar-refractivity contribution in [3.8, 4) is 0 Å². The molecule has 0 bridgehead atoms. The van der Waals surface area contributed by atoms with E-state index in [0.717, 1.165) is 30.5 Å². The van der Waals surface area contributed by atoms with Crippen molar-refractivity contribution in [3.63, 3.8) is 0 Å². The fourth-order valence-electron chi connectivity index (χ4n) is 1.89. The summed E-state index contributed by atoms with van der Waals surface area (Å²) in [5.41, 5.74) is 1.02. The van der Waals surface area contributed by atoms with Gasteiger partial charge in [-0.05, 0) is 18.6 Å². The molecule has 1 aromatic heterocycles. The SMILES string of the molecule is CCCCNc1ccc([N+](=O)[O-])c2cnccc12. The van der Waals surface area contributed by atoms with Crippen LogP contribution in [-0.4, -0.2) is 16.5 Å². The van der Waals surface area contributed by atoms with E-state index in [1.165, 1.54) is 6.07 Å². The zero-order valence-corrected chi connectivity index (χ0v) is 10.2. The van der Waals surface area contributed by atoms with E-state index in [2.05, 4.69) is 17.2 Å². The highest BCUT2D eigenvalue weighted by atomic mass is 16.6. The lowest BCUT2D eigenvalue weighted by atomic mass is 10.1. The summed E-state index contributed by atoms with van der Waals surface area (Å²) in [5.74, 6) is 0. The van der Waals surface area contributed by atoms with E-state index in [1.807, 2.05) is 0 Å². The van der Waals surface area contributed by atoms with Crippen LogP contribution < -0.4 is 5.32 Å². The number of anilines is 1. The lowest BCUT2D eigenvalue weighted by molar-refractivity contribution is -0.383. The Balaban J connectivity index is 2.44. The van der Waals surface area contributed by atoms with Crippen molar-refractivity contribution >= 4 is 22.1 Å². The molecule has 0 unspecified atom stereocenters. The summed E-state index contributed by atoms with van der Waals surface area (Å²) in [4.78, 5) is 14.5. The second-order valence-corrected chi connectivity index (χ2v) is 4.09. The van der Waals surface area contributed by atoms with E-state index in [0.29, 0.717) is 5.39 Å². The Hall–Kier alpha value is -2.17. The van der Waals surface area contributed by atoms with Gasteiger partial charge >= 0.3 is 0 Å². The average molecular weight is 245 g/mol. The molecule has 5 nitrogen and oxygen atoms in total. The second-order valence-electron chi connectivity index (χ2n) is 4.09. The number of rotatable bonds is 5. The monoisotopic (exact) mass is 245 g/mol. The highest BCUT2D eigenvalue weighted by Crippen LogP contribution is 2.30. The Morgan fingerprint density at radius 2 is 2.17 bits per heavy atom. The molecule has 1 heterocycles. The van der Waals surface area contributed by atoms with Gasteiger partial charge < -0.3 is 5.32 Å². The van der Waals surface area contributed by atoms with Crippen molar-refractivity contribution in [1.29, 1.82) is 0 Å². The van der Waals surface area contributed by atoms with E-state index in [1.54, 1.807) is 24.5 Å². The molecular weight excluding hydrogens is 230 g/mol. The molecular formula is C13H15N3O2. The van der Waals surface area contributed by atoms with Crippen LogP contribution in [0.4, 0.5) is 11.4 Å². The first-order valence-corrected chi connectivity index (χ1v) is 5.99. The van der Waals surface area contributed by atoms with Crippen molar-refractivity contribution in [1.82, 2.24) is 4.98 Å². The molecule has 0 saturated heterocycles. The molecule has 1 aromatic carbocycles. The number of nitrogens with zero attached hydrogens (tertiary/aromatic N) is 2. The van der Waals surface area contributed by atoms with Crippen LogP contribution in [0.1, 0.15) is 19.8 Å². The van der Waals surface area contributed by atoms with Gasteiger partial charge in [-0.25, -0.2) is 0 Å². The molecule has 0 amide bonds. The minimum atomic E-state index is -0.375. The average Bonchev–Trinajstić information content (AvgIpc) is 2.38. The predicted molar refractivity (Wildman–Crippen MR) is 71.8 cm³/mol. The molecule has 0 saturated carbocycles. The summed E-state index contributed by atoms with van der Waals surface area (Å²) in [7, 11) is 0. The Morgan fingerprint density at radius 3 is 2.89 bits per heavy atom. The maximum atomic E-state index is 10.9. The lowest BCUT2D eigenvalue weighted by Crippen LogP contribution is -2.02. The summed E-state index contributed by atoms with van der Waals surface area (Å²) < 4.78 is 0. The number of non-ortho nitro benzene ring substituents is 1. The van der Waals surface area contributed by atoms with Crippen LogP contribution in [0, 0.1) is 10.1 Å². The highest BCUT2D eigenvalue weighted by molar-refractivity contribution is 5.99. The zero-order valence-electron chi connectivity index (χ0n) is 10.2. The van der Waals surface area contributed by atoms with E-state index < -0.39 is 0 Å². The van der Waals surface area contributed by atoms with E-state index in [4.69, 9.17) is 0 Å². The van der Waals surface area contributed by atoms with Crippen LogP contribution in [0.25, 0.3) is 10.8 Å². The van der Waals surface area contributed by atoms with Crippen molar-refractivity contribution in [2.24, 2.45) is 0 Å². The standard InChI is InChI=1S/C13H15N3O2/c1-2-3-7-15-12-4-5-13(16(17)18)11-9-14-8-6-10(11)12/h4-6,8-9,15H,2-3,7H2,1H3. The molecule has 2 rings (SSSR count). The van der Waals surface area contributed by atoms with Gasteiger partial charge in [-0.2, -0.15) is 0 Å². The van der Waals surface area contributed by atoms with Gasteiger partial charge in [0.1, 0.15) is 0 Å². The summed E-state index contributed by atoms with van der Waals surface area (Å²) in [6.07, 6.45) is 5.37. The molecule has 0 aliphatic heterocycles. The van der Waals surface area contributed by atoms with Crippen molar-refractivity contribution < 1.29 is 4.92 Å². The highest BCUT2D eigenvalue weighted by Gasteiger charge is 2.13. The number of pyridine rings is 1. The number of hydrogen-bond donors (Lipinski definition) is 1. The third-order valence-corrected chi connectivity index (χ3v) is 2.84. The van der Waals surface area contributed by atoms with Gasteiger partial charge in [-0.3, -0.25) is 15.1 Å². The maximum Gasteiger partial charge on any atom is 0.278 e. The van der Waals surface area contributed by atoms with Gasteiger partial charge in [0.25, 0.3) is 5.69 Å². The van der Waals surface area contributed by atoms with E-state index in [9.17, 15) is 10.1 Å². The van der Waals surface area contributed by atoms with Crippen LogP contribution in [0.5, 0.6) is 0 Å². The van der Waals surface area contributed by atoms with E-state index >= 15 is 0 Å². The summed E-state index contributed by atoms with van der Waals surface area (Å²) in [5, 5.41) is 15.7. The molecule has 2 aromatic rings. The van der Waals surface area contributed by atoms with Crippen molar-refractivity contribution in [2.45, 2.75) is 19.8 Å². The fourth-order valence-corrected chi connectivity index (χ4v) is 1.89. The summed E-state index contributed by atoms with van der Waals surface area (Å²) in [6, 6.07) is 5.09. The first-order valence-electron chi connectivity index (χ1n) is 5.99. The summed E-state index contributed by atoms with van der Waals surface area (Å²) >= 11 is 0. The second kappa shape index (κ2) is 5.44. The van der Waals surface area contributed by atoms with E-state index in [-0.39, 0.29) is 10.6 Å². The van der Waals surface area contributed by atoms with Gasteiger partial charge in [-0.15, -0.1) is 0 Å². The topological polar surface area (TPSA) is 68.1 Å². The van der Waals surface area contributed by atoms with Gasteiger partial charge in [0.15, 0.2) is 0 Å². The first-order chi connectivity index (χ1) is 8.74. The smallest absolute Gasteiger partial charge is 0.278 e. The molecule has 0 aliphatic carbocycles. The van der Waals surface area contributed by atoms with Gasteiger partial charge in [-0.1, -0.05) is 13.3 Å². The number of nitro groups is 1. The fraction of sp³-hybridized carbons (Fsp3) is 0.308. The number of benzene rings is 1. The minimum absolute atomic E-state index is 0.0964. The van der Waals surface area contributed by atoms with Crippen LogP contribution in [0.15, 0.2) is 30.6 Å². The number of nitro benzene ring substituents is 1. The number of nitrogens with one attached hydrogen (secondary N) is 1. The van der Waals surface area contributed by atoms with Crippen LogP contribution in [0.3, 0.4) is 0 Å². The number of aromatic nitrogens is 1. The number of unbranched alkanes of at least 4 members (excludes halogenated alkanes) is 1. The zero-order chi connectivity index (χ0) is 13.0. The Morgan fingerprint density at radius 1 is 1.33 bits per heavy atom. The largest absolute Gasteiger partial charge is 0.385 e. The third-order valence-electron chi connectivity index (χ3n) is 2.84. The molecule has 0 radical (unpaired) electrons. The molecule has 1 N–H and O–H groups in total. The van der Waals surface area contributed by atoms with Crippen molar-refractivity contribution in [2.75, 3.05) is 11.9 Å². The third kappa shape index (κ3) is 2.40. The van der Waals surface area contributed by atoms with Gasteiger partial charge in [0.05, 0.1) is 10.3 Å². The number of hydrogen-bond acceptors (Lipinski definition) is 4. The molecule has 94 valence electrons. The normalized spacial score (nSPS) is 10.5. The minimum Gasteiger partial charge on any atom is -0.385 e. The van der Waals surface area contributed by atoms with Crippen molar-refractivity contribution in [3.05, 3.63) is 40.7 Å². The number of fused-ring (bicyclic) bond motifs is 1. The van der Waals surface area contributed by atoms with Crippen LogP contribution >= 0.6 is 0 Å². The van der Waals surface area contributed by atoms with Gasteiger partial charge in [0, 0.05) is 36.1 Å². The summed E-state index contributed by atoms with van der Waals surface area (Å²) in [6.45, 7) is 2.99. The first kappa shape index (κ1) is 12.3. The molecule has 0 aliphatic rings. The maximum absolute atomic E-state index is 10.9. The molecule has 0 spiro atoms. The van der Waals surface area contributed by atoms with Crippen LogP contribution in [-0.2, 0) is 0 Å². The Kier molecular flexibility index (Phi) is 3.72. The Bertz CT molecular complexity index is 569. The van der Waals surface area contributed by atoms with Crippen LogP contribution in [0.2, 0.25) is 0 Å².